The highest BCUT2D eigenvalue weighted by molar-refractivity contribution is 4.89. The van der Waals surface area contributed by atoms with Crippen LogP contribution in [-0.4, -0.2) is 30.1 Å². The van der Waals surface area contributed by atoms with Gasteiger partial charge in [0.2, 0.25) is 0 Å². The number of nitrogens with two attached hydrogens (primary N) is 1. The van der Waals surface area contributed by atoms with E-state index in [-0.39, 0.29) is 0 Å². The zero-order valence-corrected chi connectivity index (χ0v) is 13.5. The van der Waals surface area contributed by atoms with E-state index >= 15 is 0 Å². The quantitative estimate of drug-likeness (QED) is 0.845. The molecule has 2 fully saturated rings. The van der Waals surface area contributed by atoms with Gasteiger partial charge in [-0.15, -0.1) is 0 Å². The average molecular weight is 266 g/mol. The Kier molecular flexibility index (Phi) is 4.94. The summed E-state index contributed by atoms with van der Waals surface area (Å²) in [5.41, 5.74) is 6.79. The zero-order chi connectivity index (χ0) is 14.0. The fraction of sp³-hybridized carbons (Fsp3) is 1.00. The van der Waals surface area contributed by atoms with E-state index < -0.39 is 0 Å². The summed E-state index contributed by atoms with van der Waals surface area (Å²) >= 11 is 0. The molecule has 112 valence electrons. The van der Waals surface area contributed by atoms with Crippen molar-refractivity contribution in [3.63, 3.8) is 0 Å². The SMILES string of the molecule is CCC(C)(C)C1CCC(N2CCC(C)C(N)C2)CC1. The summed E-state index contributed by atoms with van der Waals surface area (Å²) in [6.45, 7) is 12.0. The Hall–Kier alpha value is -0.0800. The van der Waals surface area contributed by atoms with Crippen LogP contribution in [0, 0.1) is 17.3 Å². The Morgan fingerprint density at radius 1 is 1.11 bits per heavy atom. The van der Waals surface area contributed by atoms with Crippen LogP contribution in [0.25, 0.3) is 0 Å². The van der Waals surface area contributed by atoms with Crippen molar-refractivity contribution in [3.8, 4) is 0 Å². The Morgan fingerprint density at radius 2 is 1.74 bits per heavy atom. The highest BCUT2D eigenvalue weighted by Crippen LogP contribution is 2.41. The molecule has 1 aliphatic heterocycles. The summed E-state index contributed by atoms with van der Waals surface area (Å²) < 4.78 is 0. The molecular formula is C17H34N2. The van der Waals surface area contributed by atoms with Crippen LogP contribution in [0.15, 0.2) is 0 Å². The average Bonchev–Trinajstić information content (AvgIpc) is 2.42. The number of nitrogens with zero attached hydrogens (tertiary/aromatic N) is 1. The van der Waals surface area contributed by atoms with Crippen molar-refractivity contribution >= 4 is 0 Å². The smallest absolute Gasteiger partial charge is 0.0194 e. The van der Waals surface area contributed by atoms with Crippen molar-refractivity contribution < 1.29 is 0 Å². The van der Waals surface area contributed by atoms with Crippen LogP contribution in [-0.2, 0) is 0 Å². The minimum atomic E-state index is 0.401. The first kappa shape index (κ1) is 15.3. The van der Waals surface area contributed by atoms with Crippen LogP contribution in [0.2, 0.25) is 0 Å². The van der Waals surface area contributed by atoms with Crippen molar-refractivity contribution in [1.29, 1.82) is 0 Å². The number of likely N-dealkylation sites (tertiary alicyclic amines) is 1. The van der Waals surface area contributed by atoms with Crippen LogP contribution in [0.3, 0.4) is 0 Å². The molecule has 1 heterocycles. The zero-order valence-electron chi connectivity index (χ0n) is 13.5. The molecule has 2 heteroatoms. The molecular weight excluding hydrogens is 232 g/mol. The van der Waals surface area contributed by atoms with Gasteiger partial charge in [0.1, 0.15) is 0 Å². The van der Waals surface area contributed by atoms with Crippen LogP contribution in [0.1, 0.15) is 66.2 Å². The molecule has 19 heavy (non-hydrogen) atoms. The van der Waals surface area contributed by atoms with Gasteiger partial charge in [0.15, 0.2) is 0 Å². The van der Waals surface area contributed by atoms with Gasteiger partial charge in [-0.3, -0.25) is 4.90 Å². The lowest BCUT2D eigenvalue weighted by molar-refractivity contribution is 0.0586. The summed E-state index contributed by atoms with van der Waals surface area (Å²) in [5, 5.41) is 0. The van der Waals surface area contributed by atoms with E-state index in [9.17, 15) is 0 Å². The van der Waals surface area contributed by atoms with Crippen LogP contribution in [0.5, 0.6) is 0 Å². The largest absolute Gasteiger partial charge is 0.326 e. The van der Waals surface area contributed by atoms with Gasteiger partial charge in [0.25, 0.3) is 0 Å². The minimum Gasteiger partial charge on any atom is -0.326 e. The van der Waals surface area contributed by atoms with Gasteiger partial charge in [-0.1, -0.05) is 34.1 Å². The summed E-state index contributed by atoms with van der Waals surface area (Å²) in [6.07, 6.45) is 8.25. The fourth-order valence-electron chi connectivity index (χ4n) is 3.97. The number of rotatable bonds is 3. The Labute approximate surface area is 120 Å². The van der Waals surface area contributed by atoms with Gasteiger partial charge in [0.05, 0.1) is 0 Å². The number of piperidine rings is 1. The molecule has 2 aliphatic rings. The van der Waals surface area contributed by atoms with E-state index in [1.165, 1.54) is 45.1 Å². The standard InChI is InChI=1S/C17H34N2/c1-5-17(3,4)14-6-8-15(9-7-14)19-11-10-13(2)16(18)12-19/h13-16H,5-12,18H2,1-4H3. The lowest BCUT2D eigenvalue weighted by Crippen LogP contribution is -2.52. The molecule has 0 aromatic carbocycles. The summed E-state index contributed by atoms with van der Waals surface area (Å²) in [7, 11) is 0. The van der Waals surface area contributed by atoms with Crippen molar-refractivity contribution in [1.82, 2.24) is 4.90 Å². The lowest BCUT2D eigenvalue weighted by Gasteiger charge is -2.45. The van der Waals surface area contributed by atoms with Gasteiger partial charge in [-0.2, -0.15) is 0 Å². The predicted octanol–water partition coefficient (Wildman–Crippen LogP) is 3.65. The highest BCUT2D eigenvalue weighted by Gasteiger charge is 2.35. The van der Waals surface area contributed by atoms with E-state index in [1.54, 1.807) is 0 Å². The third-order valence-corrected chi connectivity index (χ3v) is 6.28. The Bertz CT molecular complexity index is 279. The van der Waals surface area contributed by atoms with Crippen molar-refractivity contribution in [3.05, 3.63) is 0 Å². The lowest BCUT2D eigenvalue weighted by atomic mass is 9.68. The Balaban J connectivity index is 1.83. The molecule has 2 atom stereocenters. The molecule has 2 nitrogen and oxygen atoms in total. The molecule has 1 aliphatic carbocycles. The van der Waals surface area contributed by atoms with Crippen LogP contribution < -0.4 is 5.73 Å². The molecule has 2 unspecified atom stereocenters. The second kappa shape index (κ2) is 6.13. The summed E-state index contributed by atoms with van der Waals surface area (Å²) in [5.74, 6) is 1.65. The van der Waals surface area contributed by atoms with Gasteiger partial charge >= 0.3 is 0 Å². The maximum absolute atomic E-state index is 6.25. The minimum absolute atomic E-state index is 0.401. The van der Waals surface area contributed by atoms with E-state index in [0.717, 1.165) is 18.5 Å². The molecule has 0 bridgehead atoms. The van der Waals surface area contributed by atoms with Crippen molar-refractivity contribution in [2.45, 2.75) is 78.3 Å². The first-order valence-electron chi connectivity index (χ1n) is 8.43. The normalized spacial score (nSPS) is 38.4. The second-order valence-electron chi connectivity index (χ2n) is 7.77. The van der Waals surface area contributed by atoms with E-state index in [4.69, 9.17) is 5.73 Å². The predicted molar refractivity (Wildman–Crippen MR) is 83.1 cm³/mol. The van der Waals surface area contributed by atoms with Crippen LogP contribution in [0.4, 0.5) is 0 Å². The molecule has 1 saturated heterocycles. The highest BCUT2D eigenvalue weighted by atomic mass is 15.2. The molecule has 0 spiro atoms. The van der Waals surface area contributed by atoms with Gasteiger partial charge in [-0.25, -0.2) is 0 Å². The van der Waals surface area contributed by atoms with Crippen molar-refractivity contribution in [2.24, 2.45) is 23.0 Å². The maximum atomic E-state index is 6.25. The van der Waals surface area contributed by atoms with Crippen molar-refractivity contribution in [2.75, 3.05) is 13.1 Å². The first-order valence-corrected chi connectivity index (χ1v) is 8.43. The van der Waals surface area contributed by atoms with Gasteiger partial charge in [0, 0.05) is 18.6 Å². The van der Waals surface area contributed by atoms with E-state index in [0.29, 0.717) is 17.4 Å². The molecule has 1 saturated carbocycles. The van der Waals surface area contributed by atoms with E-state index in [1.807, 2.05) is 0 Å². The molecule has 0 amide bonds. The topological polar surface area (TPSA) is 29.3 Å². The number of hydrogen-bond acceptors (Lipinski definition) is 2. The Morgan fingerprint density at radius 3 is 2.26 bits per heavy atom. The number of hydrogen-bond donors (Lipinski definition) is 1. The summed E-state index contributed by atoms with van der Waals surface area (Å²) in [4.78, 5) is 2.69. The summed E-state index contributed by atoms with van der Waals surface area (Å²) in [6, 6.07) is 1.22. The maximum Gasteiger partial charge on any atom is 0.0194 e. The third kappa shape index (κ3) is 3.52. The van der Waals surface area contributed by atoms with Gasteiger partial charge in [-0.05, 0) is 55.9 Å². The molecule has 0 radical (unpaired) electrons. The van der Waals surface area contributed by atoms with E-state index in [2.05, 4.69) is 32.6 Å². The molecule has 0 aromatic heterocycles. The fourth-order valence-corrected chi connectivity index (χ4v) is 3.97. The molecule has 0 aromatic rings. The first-order chi connectivity index (χ1) is 8.94. The molecule has 2 rings (SSSR count). The monoisotopic (exact) mass is 266 g/mol. The second-order valence-corrected chi connectivity index (χ2v) is 7.77. The third-order valence-electron chi connectivity index (χ3n) is 6.28. The van der Waals surface area contributed by atoms with Gasteiger partial charge < -0.3 is 5.73 Å². The molecule has 2 N–H and O–H groups in total. The van der Waals surface area contributed by atoms with Crippen LogP contribution >= 0.6 is 0 Å².